The molecule has 0 heterocycles. The van der Waals surface area contributed by atoms with Crippen LogP contribution in [0.1, 0.15) is 12.5 Å². The van der Waals surface area contributed by atoms with E-state index in [-0.39, 0.29) is 5.91 Å². The normalized spacial score (nSPS) is 9.94. The third kappa shape index (κ3) is 3.55. The second kappa shape index (κ2) is 6.12. The maximum atomic E-state index is 11.0. The van der Waals surface area contributed by atoms with Gasteiger partial charge in [0.15, 0.2) is 0 Å². The van der Waals surface area contributed by atoms with Gasteiger partial charge in [0.05, 0.1) is 12.8 Å². The molecule has 4 nitrogen and oxygen atoms in total. The van der Waals surface area contributed by atoms with Crippen LogP contribution >= 0.6 is 0 Å². The van der Waals surface area contributed by atoms with Crippen molar-refractivity contribution in [1.29, 1.82) is 0 Å². The molecule has 0 fully saturated rings. The number of likely N-dealkylation sites (N-methyl/N-ethyl adjacent to an activating group) is 1. The Bertz CT molecular complexity index is 364. The van der Waals surface area contributed by atoms with Crippen molar-refractivity contribution < 1.29 is 9.53 Å². The summed E-state index contributed by atoms with van der Waals surface area (Å²) in [7, 11) is 3.51. The monoisotopic (exact) mass is 222 g/mol. The largest absolute Gasteiger partial charge is 0.495 e. The van der Waals surface area contributed by atoms with Crippen LogP contribution in [0.5, 0.6) is 5.75 Å². The van der Waals surface area contributed by atoms with Crippen LogP contribution in [0.4, 0.5) is 5.69 Å². The molecule has 16 heavy (non-hydrogen) atoms. The second-order valence-corrected chi connectivity index (χ2v) is 3.57. The predicted molar refractivity (Wildman–Crippen MR) is 64.9 cm³/mol. The van der Waals surface area contributed by atoms with Crippen LogP contribution in [0.25, 0.3) is 0 Å². The Labute approximate surface area is 96.0 Å². The lowest BCUT2D eigenvalue weighted by Crippen LogP contribution is -2.11. The van der Waals surface area contributed by atoms with Gasteiger partial charge in [-0.2, -0.15) is 0 Å². The highest BCUT2D eigenvalue weighted by Crippen LogP contribution is 2.25. The van der Waals surface area contributed by atoms with Crippen molar-refractivity contribution in [3.8, 4) is 5.75 Å². The number of amides is 1. The minimum absolute atomic E-state index is 0.0935. The van der Waals surface area contributed by atoms with E-state index in [1.54, 1.807) is 7.11 Å². The van der Waals surface area contributed by atoms with Gasteiger partial charge in [0.2, 0.25) is 5.91 Å². The molecule has 1 aromatic rings. The van der Waals surface area contributed by atoms with Gasteiger partial charge in [-0.25, -0.2) is 0 Å². The molecule has 4 heteroatoms. The lowest BCUT2D eigenvalue weighted by Gasteiger charge is -2.10. The van der Waals surface area contributed by atoms with Gasteiger partial charge in [-0.05, 0) is 37.7 Å². The van der Waals surface area contributed by atoms with Crippen LogP contribution in [0, 0.1) is 0 Å². The number of carbonyl (C=O) groups is 1. The minimum atomic E-state index is -0.0935. The molecule has 0 aliphatic rings. The molecule has 1 amide bonds. The molecule has 0 aromatic heterocycles. The molecule has 0 bridgehead atoms. The lowest BCUT2D eigenvalue weighted by atomic mass is 10.1. The first kappa shape index (κ1) is 12.5. The van der Waals surface area contributed by atoms with E-state index in [0.29, 0.717) is 5.75 Å². The van der Waals surface area contributed by atoms with Gasteiger partial charge in [0.25, 0.3) is 0 Å². The highest BCUT2D eigenvalue weighted by atomic mass is 16.5. The van der Waals surface area contributed by atoms with E-state index < -0.39 is 0 Å². The summed E-state index contributed by atoms with van der Waals surface area (Å²) < 4.78 is 5.18. The topological polar surface area (TPSA) is 50.4 Å². The van der Waals surface area contributed by atoms with E-state index in [1.807, 2.05) is 25.2 Å². The Morgan fingerprint density at radius 3 is 2.75 bits per heavy atom. The zero-order chi connectivity index (χ0) is 12.0. The van der Waals surface area contributed by atoms with Crippen molar-refractivity contribution in [2.24, 2.45) is 0 Å². The van der Waals surface area contributed by atoms with E-state index >= 15 is 0 Å². The van der Waals surface area contributed by atoms with Gasteiger partial charge in [0.1, 0.15) is 5.75 Å². The van der Waals surface area contributed by atoms with Crippen molar-refractivity contribution in [2.45, 2.75) is 13.3 Å². The average molecular weight is 222 g/mol. The fraction of sp³-hybridized carbons (Fsp3) is 0.417. The second-order valence-electron chi connectivity index (χ2n) is 3.57. The summed E-state index contributed by atoms with van der Waals surface area (Å²) in [4.78, 5) is 11.0. The third-order valence-corrected chi connectivity index (χ3v) is 2.24. The number of anilines is 1. The van der Waals surface area contributed by atoms with Crippen molar-refractivity contribution >= 4 is 11.6 Å². The maximum absolute atomic E-state index is 11.0. The third-order valence-electron chi connectivity index (χ3n) is 2.24. The first-order chi connectivity index (χ1) is 7.67. The fourth-order valence-corrected chi connectivity index (χ4v) is 1.47. The quantitative estimate of drug-likeness (QED) is 0.792. The molecule has 0 saturated heterocycles. The molecule has 0 radical (unpaired) electrons. The summed E-state index contributed by atoms with van der Waals surface area (Å²) in [5.41, 5.74) is 1.89. The molecular weight excluding hydrogens is 204 g/mol. The molecule has 0 aliphatic heterocycles. The van der Waals surface area contributed by atoms with Gasteiger partial charge < -0.3 is 15.4 Å². The van der Waals surface area contributed by atoms with Gasteiger partial charge in [0, 0.05) is 6.92 Å². The van der Waals surface area contributed by atoms with Gasteiger partial charge in [-0.1, -0.05) is 6.07 Å². The first-order valence-electron chi connectivity index (χ1n) is 5.26. The van der Waals surface area contributed by atoms with E-state index in [9.17, 15) is 4.79 Å². The molecule has 0 unspecified atom stereocenters. The molecule has 0 atom stereocenters. The van der Waals surface area contributed by atoms with Crippen molar-refractivity contribution in [1.82, 2.24) is 5.32 Å². The van der Waals surface area contributed by atoms with E-state index in [1.165, 1.54) is 12.5 Å². The van der Waals surface area contributed by atoms with Crippen molar-refractivity contribution in [2.75, 3.05) is 26.0 Å². The Hall–Kier alpha value is -1.55. The summed E-state index contributed by atoms with van der Waals surface area (Å²) >= 11 is 0. The standard InChI is InChI=1S/C12H18N2O2/c1-9(15)14-11-8-10(6-7-13-2)4-5-12(11)16-3/h4-5,8,13H,6-7H2,1-3H3,(H,14,15). The summed E-state index contributed by atoms with van der Waals surface area (Å²) in [6, 6.07) is 5.81. The Balaban J connectivity index is 2.87. The smallest absolute Gasteiger partial charge is 0.221 e. The highest BCUT2D eigenvalue weighted by Gasteiger charge is 2.05. The molecule has 1 aromatic carbocycles. The maximum Gasteiger partial charge on any atom is 0.221 e. The van der Waals surface area contributed by atoms with Gasteiger partial charge in [-0.3, -0.25) is 4.79 Å². The Morgan fingerprint density at radius 1 is 1.44 bits per heavy atom. The number of rotatable bonds is 5. The number of carbonyl (C=O) groups excluding carboxylic acids is 1. The molecule has 0 spiro atoms. The van der Waals surface area contributed by atoms with Crippen LogP contribution in [0.3, 0.4) is 0 Å². The van der Waals surface area contributed by atoms with Gasteiger partial charge in [-0.15, -0.1) is 0 Å². The van der Waals surface area contributed by atoms with Crippen LogP contribution in [-0.4, -0.2) is 26.6 Å². The van der Waals surface area contributed by atoms with E-state index in [2.05, 4.69) is 10.6 Å². The van der Waals surface area contributed by atoms with Crippen LogP contribution < -0.4 is 15.4 Å². The molecule has 0 saturated carbocycles. The highest BCUT2D eigenvalue weighted by molar-refractivity contribution is 5.90. The van der Waals surface area contributed by atoms with Crippen LogP contribution in [0.2, 0.25) is 0 Å². The summed E-state index contributed by atoms with van der Waals surface area (Å²) in [6.45, 7) is 2.39. The van der Waals surface area contributed by atoms with Crippen molar-refractivity contribution in [3.05, 3.63) is 23.8 Å². The summed E-state index contributed by atoms with van der Waals surface area (Å²) in [5.74, 6) is 0.590. The van der Waals surface area contributed by atoms with Crippen LogP contribution in [-0.2, 0) is 11.2 Å². The number of ether oxygens (including phenoxy) is 1. The van der Waals surface area contributed by atoms with Crippen LogP contribution in [0.15, 0.2) is 18.2 Å². The number of hydrogen-bond donors (Lipinski definition) is 2. The number of methoxy groups -OCH3 is 1. The zero-order valence-corrected chi connectivity index (χ0v) is 9.96. The lowest BCUT2D eigenvalue weighted by molar-refractivity contribution is -0.114. The molecule has 0 aliphatic carbocycles. The average Bonchev–Trinajstić information content (AvgIpc) is 2.26. The molecule has 88 valence electrons. The molecule has 2 N–H and O–H groups in total. The first-order valence-corrected chi connectivity index (χ1v) is 5.26. The number of hydrogen-bond acceptors (Lipinski definition) is 3. The van der Waals surface area contributed by atoms with Crippen molar-refractivity contribution in [3.63, 3.8) is 0 Å². The Morgan fingerprint density at radius 2 is 2.19 bits per heavy atom. The molecule has 1 rings (SSSR count). The summed E-state index contributed by atoms with van der Waals surface area (Å²) in [6.07, 6.45) is 0.924. The summed E-state index contributed by atoms with van der Waals surface area (Å²) in [5, 5.41) is 5.84. The number of benzene rings is 1. The fourth-order valence-electron chi connectivity index (χ4n) is 1.47. The number of nitrogens with one attached hydrogen (secondary N) is 2. The predicted octanol–water partition coefficient (Wildman–Crippen LogP) is 1.42. The molecular formula is C12H18N2O2. The van der Waals surface area contributed by atoms with E-state index in [4.69, 9.17) is 4.74 Å². The SMILES string of the molecule is CNCCc1ccc(OC)c(NC(C)=O)c1. The van der Waals surface area contributed by atoms with Gasteiger partial charge >= 0.3 is 0 Å². The minimum Gasteiger partial charge on any atom is -0.495 e. The Kier molecular flexibility index (Phi) is 4.79. The zero-order valence-electron chi connectivity index (χ0n) is 9.96. The van der Waals surface area contributed by atoms with E-state index in [0.717, 1.165) is 18.7 Å².